The molecule has 0 radical (unpaired) electrons. The summed E-state index contributed by atoms with van der Waals surface area (Å²) < 4.78 is 11.1. The summed E-state index contributed by atoms with van der Waals surface area (Å²) in [4.78, 5) is 32.2. The zero-order valence-electron chi connectivity index (χ0n) is 20.7. The van der Waals surface area contributed by atoms with Crippen LogP contribution in [0.4, 0.5) is 4.79 Å². The molecular weight excluding hydrogens is 398 g/mol. The number of hydrogen-bond acceptors (Lipinski definition) is 5. The summed E-state index contributed by atoms with van der Waals surface area (Å²) in [5.41, 5.74) is -0.534. The minimum atomic E-state index is -0.534. The second-order valence-corrected chi connectivity index (χ2v) is 9.65. The molecule has 1 rings (SSSR count). The molecule has 1 aliphatic heterocycles. The molecule has 2 amide bonds. The van der Waals surface area contributed by atoms with E-state index in [1.54, 1.807) is 14.1 Å². The summed E-state index contributed by atoms with van der Waals surface area (Å²) in [6.07, 6.45) is 2.57. The number of rotatable bonds is 9. The third-order valence-corrected chi connectivity index (χ3v) is 5.02. The van der Waals surface area contributed by atoms with Crippen molar-refractivity contribution in [2.45, 2.75) is 71.6 Å². The van der Waals surface area contributed by atoms with Crippen LogP contribution in [0, 0.1) is 5.92 Å². The Morgan fingerprint density at radius 1 is 1.23 bits per heavy atom. The standard InChI is InChI=1S/C22H43N5O4/c1-16(2)18(25-21(29)31-22(3,4)5)11-12-27(8)20(24-15-19(28)26(6)7)23-14-17-10-9-13-30-17/h16-18H,9-15H2,1-8H3,(H,23,24)(H,25,29). The van der Waals surface area contributed by atoms with E-state index in [1.165, 1.54) is 4.90 Å². The maximum Gasteiger partial charge on any atom is 0.407 e. The number of carbonyl (C=O) groups is 2. The minimum Gasteiger partial charge on any atom is -0.444 e. The van der Waals surface area contributed by atoms with E-state index in [0.717, 1.165) is 25.9 Å². The molecule has 0 aromatic heterocycles. The lowest BCUT2D eigenvalue weighted by molar-refractivity contribution is -0.127. The van der Waals surface area contributed by atoms with Crippen LogP contribution in [0.15, 0.2) is 4.99 Å². The second-order valence-electron chi connectivity index (χ2n) is 9.65. The van der Waals surface area contributed by atoms with Gasteiger partial charge in [-0.3, -0.25) is 4.79 Å². The van der Waals surface area contributed by atoms with E-state index in [0.29, 0.717) is 19.0 Å². The second kappa shape index (κ2) is 12.7. The highest BCUT2D eigenvalue weighted by molar-refractivity contribution is 5.84. The van der Waals surface area contributed by atoms with Gasteiger partial charge < -0.3 is 29.9 Å². The molecule has 31 heavy (non-hydrogen) atoms. The fourth-order valence-corrected chi connectivity index (χ4v) is 3.08. The molecule has 9 nitrogen and oxygen atoms in total. The number of likely N-dealkylation sites (N-methyl/N-ethyl adjacent to an activating group) is 1. The van der Waals surface area contributed by atoms with E-state index in [9.17, 15) is 9.59 Å². The van der Waals surface area contributed by atoms with Crippen LogP contribution in [0.2, 0.25) is 0 Å². The maximum atomic E-state index is 12.2. The number of aliphatic imine (C=N–C) groups is 1. The van der Waals surface area contributed by atoms with Crippen molar-refractivity contribution in [1.82, 2.24) is 20.4 Å². The number of hydrogen-bond donors (Lipinski definition) is 2. The van der Waals surface area contributed by atoms with Gasteiger partial charge in [-0.25, -0.2) is 9.79 Å². The number of nitrogens with zero attached hydrogens (tertiary/aromatic N) is 3. The monoisotopic (exact) mass is 441 g/mol. The lowest BCUT2D eigenvalue weighted by Gasteiger charge is -2.29. The van der Waals surface area contributed by atoms with Crippen LogP contribution in [0.3, 0.4) is 0 Å². The van der Waals surface area contributed by atoms with Crippen LogP contribution < -0.4 is 10.6 Å². The lowest BCUT2D eigenvalue weighted by Crippen LogP contribution is -2.46. The van der Waals surface area contributed by atoms with Gasteiger partial charge in [-0.1, -0.05) is 13.8 Å². The predicted octanol–water partition coefficient (Wildman–Crippen LogP) is 2.07. The predicted molar refractivity (Wildman–Crippen MR) is 123 cm³/mol. The molecule has 2 N–H and O–H groups in total. The average Bonchev–Trinajstić information content (AvgIpc) is 3.16. The zero-order chi connectivity index (χ0) is 23.6. The lowest BCUT2D eigenvalue weighted by atomic mass is 10.0. The molecular formula is C22H43N5O4. The molecule has 2 atom stereocenters. The van der Waals surface area contributed by atoms with E-state index >= 15 is 0 Å². The van der Waals surface area contributed by atoms with E-state index in [1.807, 2.05) is 32.7 Å². The topological polar surface area (TPSA) is 95.5 Å². The number of nitrogens with one attached hydrogen (secondary N) is 2. The smallest absolute Gasteiger partial charge is 0.407 e. The van der Waals surface area contributed by atoms with Crippen molar-refractivity contribution in [3.63, 3.8) is 0 Å². The highest BCUT2D eigenvalue weighted by Crippen LogP contribution is 2.12. The molecule has 0 saturated carbocycles. The Morgan fingerprint density at radius 2 is 1.90 bits per heavy atom. The minimum absolute atomic E-state index is 0.0416. The summed E-state index contributed by atoms with van der Waals surface area (Å²) >= 11 is 0. The van der Waals surface area contributed by atoms with Crippen molar-refractivity contribution in [1.29, 1.82) is 0 Å². The molecule has 0 aliphatic carbocycles. The van der Waals surface area contributed by atoms with Crippen molar-refractivity contribution in [3.8, 4) is 0 Å². The van der Waals surface area contributed by atoms with Crippen LogP contribution in [-0.4, -0.2) is 92.9 Å². The number of alkyl carbamates (subject to hydrolysis) is 1. The van der Waals surface area contributed by atoms with Gasteiger partial charge in [0, 0.05) is 46.9 Å². The Bertz CT molecular complexity index is 595. The SMILES string of the molecule is CC(C)C(CCN(C)C(=NCC(=O)N(C)C)NCC1CCCO1)NC(=O)OC(C)(C)C. The Kier molecular flexibility index (Phi) is 11.1. The van der Waals surface area contributed by atoms with Crippen LogP contribution in [-0.2, 0) is 14.3 Å². The van der Waals surface area contributed by atoms with E-state index in [4.69, 9.17) is 9.47 Å². The Morgan fingerprint density at radius 3 is 2.42 bits per heavy atom. The summed E-state index contributed by atoms with van der Waals surface area (Å²) in [6, 6.07) is -0.0416. The third-order valence-electron chi connectivity index (χ3n) is 5.02. The molecule has 1 heterocycles. The van der Waals surface area contributed by atoms with Crippen LogP contribution in [0.5, 0.6) is 0 Å². The third kappa shape index (κ3) is 11.2. The van der Waals surface area contributed by atoms with Gasteiger partial charge in [-0.05, 0) is 46.0 Å². The normalized spacial score (nSPS) is 18.0. The first-order chi connectivity index (χ1) is 14.4. The first-order valence-corrected chi connectivity index (χ1v) is 11.2. The van der Waals surface area contributed by atoms with Gasteiger partial charge in [-0.15, -0.1) is 0 Å². The number of guanidine groups is 1. The van der Waals surface area contributed by atoms with Gasteiger partial charge in [0.2, 0.25) is 5.91 Å². The highest BCUT2D eigenvalue weighted by atomic mass is 16.6. The van der Waals surface area contributed by atoms with Gasteiger partial charge in [0.05, 0.1) is 6.10 Å². The fraction of sp³-hybridized carbons (Fsp3) is 0.864. The molecule has 1 aliphatic rings. The maximum absolute atomic E-state index is 12.2. The fourth-order valence-electron chi connectivity index (χ4n) is 3.08. The first kappa shape index (κ1) is 27.0. The summed E-state index contributed by atoms with van der Waals surface area (Å²) in [5.74, 6) is 0.846. The molecule has 2 unspecified atom stereocenters. The van der Waals surface area contributed by atoms with Crippen LogP contribution in [0.1, 0.15) is 53.9 Å². The average molecular weight is 442 g/mol. The molecule has 0 spiro atoms. The largest absolute Gasteiger partial charge is 0.444 e. The molecule has 180 valence electrons. The number of carbonyl (C=O) groups excluding carboxylic acids is 2. The number of ether oxygens (including phenoxy) is 2. The van der Waals surface area contributed by atoms with Crippen molar-refractivity contribution in [2.24, 2.45) is 10.9 Å². The summed E-state index contributed by atoms with van der Waals surface area (Å²) in [7, 11) is 5.37. The van der Waals surface area contributed by atoms with Crippen molar-refractivity contribution >= 4 is 18.0 Å². The zero-order valence-corrected chi connectivity index (χ0v) is 20.7. The highest BCUT2D eigenvalue weighted by Gasteiger charge is 2.23. The van der Waals surface area contributed by atoms with E-state index in [2.05, 4.69) is 29.5 Å². The molecule has 1 saturated heterocycles. The van der Waals surface area contributed by atoms with Gasteiger partial charge >= 0.3 is 6.09 Å². The van der Waals surface area contributed by atoms with Crippen LogP contribution >= 0.6 is 0 Å². The van der Waals surface area contributed by atoms with Gasteiger partial charge in [0.25, 0.3) is 0 Å². The van der Waals surface area contributed by atoms with E-state index in [-0.39, 0.29) is 30.5 Å². The first-order valence-electron chi connectivity index (χ1n) is 11.2. The Labute approximate surface area is 187 Å². The molecule has 9 heteroatoms. The van der Waals surface area contributed by atoms with Gasteiger partial charge in [0.15, 0.2) is 5.96 Å². The van der Waals surface area contributed by atoms with E-state index < -0.39 is 11.7 Å². The van der Waals surface area contributed by atoms with Gasteiger partial charge in [-0.2, -0.15) is 0 Å². The van der Waals surface area contributed by atoms with Crippen molar-refractivity contribution < 1.29 is 19.1 Å². The molecule has 1 fully saturated rings. The quantitative estimate of drug-likeness (QED) is 0.420. The summed E-state index contributed by atoms with van der Waals surface area (Å²) in [5, 5.41) is 6.33. The van der Waals surface area contributed by atoms with Crippen LogP contribution in [0.25, 0.3) is 0 Å². The van der Waals surface area contributed by atoms with Gasteiger partial charge in [0.1, 0.15) is 12.1 Å². The molecule has 0 aromatic rings. The summed E-state index contributed by atoms with van der Waals surface area (Å²) in [6.45, 7) is 11.9. The Hall–Kier alpha value is -2.03. The van der Waals surface area contributed by atoms with Crippen molar-refractivity contribution in [2.75, 3.05) is 47.4 Å². The van der Waals surface area contributed by atoms with Crippen molar-refractivity contribution in [3.05, 3.63) is 0 Å². The number of amides is 2. The molecule has 0 bridgehead atoms. The Balaban J connectivity index is 2.71. The molecule has 0 aromatic carbocycles.